The lowest BCUT2D eigenvalue weighted by Gasteiger charge is -2.24. The molecule has 1 N–H and O–H groups in total. The van der Waals surface area contributed by atoms with Gasteiger partial charge < -0.3 is 10.1 Å². The lowest BCUT2D eigenvalue weighted by Crippen LogP contribution is -2.32. The number of ketones is 1. The van der Waals surface area contributed by atoms with Crippen LogP contribution in [0.15, 0.2) is 18.2 Å². The molecule has 1 aromatic carbocycles. The lowest BCUT2D eigenvalue weighted by molar-refractivity contribution is -0.120. The minimum absolute atomic E-state index is 0.0231. The summed E-state index contributed by atoms with van der Waals surface area (Å²) in [4.78, 5) is 11.4. The van der Waals surface area contributed by atoms with Gasteiger partial charge in [-0.05, 0) is 18.2 Å². The monoisotopic (exact) mass is 239 g/mol. The van der Waals surface area contributed by atoms with Gasteiger partial charge in [0.15, 0.2) is 0 Å². The number of piperidine rings is 1. The second-order valence-electron chi connectivity index (χ2n) is 3.89. The molecule has 1 aromatic rings. The molecule has 1 saturated heterocycles. The first-order valence-electron chi connectivity index (χ1n) is 5.29. The number of rotatable bonds is 2. The Morgan fingerprint density at radius 1 is 1.50 bits per heavy atom. The second-order valence-corrected chi connectivity index (χ2v) is 4.32. The predicted molar refractivity (Wildman–Crippen MR) is 63.0 cm³/mol. The molecular formula is C12H14ClNO2. The van der Waals surface area contributed by atoms with Crippen LogP contribution in [-0.4, -0.2) is 19.4 Å². The van der Waals surface area contributed by atoms with Gasteiger partial charge in [-0.25, -0.2) is 0 Å². The fraction of sp³-hybridized carbons (Fsp3) is 0.417. The van der Waals surface area contributed by atoms with Gasteiger partial charge in [0.2, 0.25) is 0 Å². The van der Waals surface area contributed by atoms with E-state index >= 15 is 0 Å². The summed E-state index contributed by atoms with van der Waals surface area (Å²) in [6, 6.07) is 5.50. The molecule has 0 spiro atoms. The van der Waals surface area contributed by atoms with Crippen LogP contribution in [-0.2, 0) is 4.79 Å². The highest BCUT2D eigenvalue weighted by Gasteiger charge is 2.23. The average Bonchev–Trinajstić information content (AvgIpc) is 2.29. The fourth-order valence-electron chi connectivity index (χ4n) is 1.99. The van der Waals surface area contributed by atoms with E-state index in [1.807, 2.05) is 12.1 Å². The third-order valence-electron chi connectivity index (χ3n) is 2.79. The van der Waals surface area contributed by atoms with Crippen LogP contribution in [0.25, 0.3) is 0 Å². The molecule has 0 bridgehead atoms. The minimum atomic E-state index is 0.0231. The Morgan fingerprint density at radius 3 is 3.00 bits per heavy atom. The Hall–Kier alpha value is -1.06. The zero-order chi connectivity index (χ0) is 11.5. The van der Waals surface area contributed by atoms with E-state index in [1.165, 1.54) is 0 Å². The largest absolute Gasteiger partial charge is 0.496 e. The zero-order valence-corrected chi connectivity index (χ0v) is 9.88. The van der Waals surface area contributed by atoms with Gasteiger partial charge >= 0.3 is 0 Å². The summed E-state index contributed by atoms with van der Waals surface area (Å²) in [7, 11) is 1.62. The lowest BCUT2D eigenvalue weighted by atomic mass is 9.96. The van der Waals surface area contributed by atoms with E-state index in [9.17, 15) is 4.79 Å². The Labute approximate surface area is 99.7 Å². The molecule has 1 heterocycles. The van der Waals surface area contributed by atoms with Gasteiger partial charge in [0, 0.05) is 36.0 Å². The number of hydrogen-bond acceptors (Lipinski definition) is 3. The summed E-state index contributed by atoms with van der Waals surface area (Å²) in [5, 5.41) is 3.97. The Kier molecular flexibility index (Phi) is 3.46. The molecule has 1 atom stereocenters. The van der Waals surface area contributed by atoms with Crippen molar-refractivity contribution in [3.63, 3.8) is 0 Å². The number of benzene rings is 1. The number of hydrogen-bond donors (Lipinski definition) is 1. The van der Waals surface area contributed by atoms with Crippen LogP contribution in [0.2, 0.25) is 5.02 Å². The van der Waals surface area contributed by atoms with Gasteiger partial charge in [-0.15, -0.1) is 0 Å². The van der Waals surface area contributed by atoms with Gasteiger partial charge in [-0.1, -0.05) is 11.6 Å². The van der Waals surface area contributed by atoms with Crippen LogP contribution < -0.4 is 10.1 Å². The predicted octanol–water partition coefficient (Wildman–Crippen LogP) is 2.34. The van der Waals surface area contributed by atoms with Crippen molar-refractivity contribution in [1.29, 1.82) is 0 Å². The summed E-state index contributed by atoms with van der Waals surface area (Å²) in [6.45, 7) is 0.721. The third-order valence-corrected chi connectivity index (χ3v) is 3.03. The fourth-order valence-corrected chi connectivity index (χ4v) is 2.17. The summed E-state index contributed by atoms with van der Waals surface area (Å²) in [6.07, 6.45) is 1.12. The van der Waals surface area contributed by atoms with Crippen LogP contribution >= 0.6 is 11.6 Å². The Morgan fingerprint density at radius 2 is 2.31 bits per heavy atom. The second kappa shape index (κ2) is 4.85. The van der Waals surface area contributed by atoms with Crippen LogP contribution in [0.5, 0.6) is 5.75 Å². The normalized spacial score (nSPS) is 20.9. The van der Waals surface area contributed by atoms with Crippen molar-refractivity contribution in [1.82, 2.24) is 5.32 Å². The maximum atomic E-state index is 11.4. The molecule has 86 valence electrons. The quantitative estimate of drug-likeness (QED) is 0.861. The molecule has 0 amide bonds. The van der Waals surface area contributed by atoms with Crippen molar-refractivity contribution in [3.8, 4) is 5.75 Å². The van der Waals surface area contributed by atoms with E-state index in [1.54, 1.807) is 13.2 Å². The average molecular weight is 240 g/mol. The Bertz CT molecular complexity index is 406. The molecular weight excluding hydrogens is 226 g/mol. The van der Waals surface area contributed by atoms with Crippen LogP contribution in [0.4, 0.5) is 0 Å². The van der Waals surface area contributed by atoms with Gasteiger partial charge in [0.25, 0.3) is 0 Å². The van der Waals surface area contributed by atoms with Gasteiger partial charge in [-0.2, -0.15) is 0 Å². The van der Waals surface area contributed by atoms with Gasteiger partial charge in [0.1, 0.15) is 11.5 Å². The number of carbonyl (C=O) groups excluding carboxylic acids is 1. The van der Waals surface area contributed by atoms with Crippen molar-refractivity contribution in [3.05, 3.63) is 28.8 Å². The van der Waals surface area contributed by atoms with E-state index < -0.39 is 0 Å². The van der Waals surface area contributed by atoms with Crippen molar-refractivity contribution < 1.29 is 9.53 Å². The van der Waals surface area contributed by atoms with E-state index in [0.717, 1.165) is 17.9 Å². The number of ether oxygens (including phenoxy) is 1. The summed E-state index contributed by atoms with van der Waals surface area (Å²) in [5.74, 6) is 1.06. The topological polar surface area (TPSA) is 38.3 Å². The number of methoxy groups -OCH3 is 1. The van der Waals surface area contributed by atoms with Gasteiger partial charge in [0.05, 0.1) is 7.11 Å². The summed E-state index contributed by atoms with van der Waals surface area (Å²) in [5.41, 5.74) is 0.961. The number of halogens is 1. The summed E-state index contributed by atoms with van der Waals surface area (Å²) < 4.78 is 5.28. The number of carbonyl (C=O) groups is 1. The van der Waals surface area contributed by atoms with Crippen LogP contribution in [0.1, 0.15) is 24.4 Å². The minimum Gasteiger partial charge on any atom is -0.496 e. The van der Waals surface area contributed by atoms with Crippen molar-refractivity contribution >= 4 is 17.4 Å². The molecule has 1 aliphatic heterocycles. The molecule has 1 aliphatic rings. The maximum absolute atomic E-state index is 11.4. The highest BCUT2D eigenvalue weighted by atomic mass is 35.5. The standard InChI is InChI=1S/C12H14ClNO2/c1-16-12-3-2-8(13)6-10(12)11-7-9(15)4-5-14-11/h2-3,6,11,14H,4-5,7H2,1H3. The highest BCUT2D eigenvalue weighted by molar-refractivity contribution is 6.30. The van der Waals surface area contributed by atoms with Crippen molar-refractivity contribution in [2.45, 2.75) is 18.9 Å². The molecule has 0 aliphatic carbocycles. The molecule has 3 nitrogen and oxygen atoms in total. The molecule has 1 unspecified atom stereocenters. The third kappa shape index (κ3) is 2.36. The smallest absolute Gasteiger partial charge is 0.136 e. The molecule has 0 aromatic heterocycles. The van der Waals surface area contributed by atoms with E-state index in [2.05, 4.69) is 5.32 Å². The van der Waals surface area contributed by atoms with Gasteiger partial charge in [-0.3, -0.25) is 4.79 Å². The van der Waals surface area contributed by atoms with E-state index in [0.29, 0.717) is 17.9 Å². The first-order valence-corrected chi connectivity index (χ1v) is 5.67. The maximum Gasteiger partial charge on any atom is 0.136 e. The molecule has 0 radical (unpaired) electrons. The SMILES string of the molecule is COc1ccc(Cl)cc1C1CC(=O)CCN1. The molecule has 2 rings (SSSR count). The van der Waals surface area contributed by atoms with Crippen molar-refractivity contribution in [2.24, 2.45) is 0 Å². The first-order chi connectivity index (χ1) is 7.70. The Balaban J connectivity index is 2.30. The molecule has 0 saturated carbocycles. The number of Topliss-reactive ketones (excluding diaryl/α,β-unsaturated/α-hetero) is 1. The zero-order valence-electron chi connectivity index (χ0n) is 9.13. The highest BCUT2D eigenvalue weighted by Crippen LogP contribution is 2.31. The molecule has 1 fully saturated rings. The molecule has 16 heavy (non-hydrogen) atoms. The van der Waals surface area contributed by atoms with Crippen molar-refractivity contribution in [2.75, 3.05) is 13.7 Å². The van der Waals surface area contributed by atoms with Crippen LogP contribution in [0, 0.1) is 0 Å². The molecule has 4 heteroatoms. The number of nitrogens with one attached hydrogen (secondary N) is 1. The van der Waals surface area contributed by atoms with Crippen LogP contribution in [0.3, 0.4) is 0 Å². The van der Waals surface area contributed by atoms with E-state index in [-0.39, 0.29) is 11.8 Å². The first kappa shape index (κ1) is 11.4. The summed E-state index contributed by atoms with van der Waals surface area (Å²) >= 11 is 5.96. The van der Waals surface area contributed by atoms with E-state index in [4.69, 9.17) is 16.3 Å².